The fourth-order valence-corrected chi connectivity index (χ4v) is 3.99. The van der Waals surface area contributed by atoms with E-state index in [0.717, 1.165) is 29.7 Å². The van der Waals surface area contributed by atoms with Gasteiger partial charge in [0.2, 0.25) is 0 Å². The molecule has 0 saturated heterocycles. The van der Waals surface area contributed by atoms with E-state index in [4.69, 9.17) is 15.2 Å². The Bertz CT molecular complexity index is 1250. The molecule has 1 saturated carbocycles. The van der Waals surface area contributed by atoms with Gasteiger partial charge in [0.25, 0.3) is 5.88 Å². The van der Waals surface area contributed by atoms with E-state index in [1.807, 2.05) is 36.4 Å². The molecule has 0 aliphatic heterocycles. The molecule has 2 aromatic heterocycles. The minimum absolute atomic E-state index is 0.134. The Morgan fingerprint density at radius 2 is 1.47 bits per heavy atom. The summed E-state index contributed by atoms with van der Waals surface area (Å²) in [4.78, 5) is 5.49. The van der Waals surface area contributed by atoms with Gasteiger partial charge in [-0.15, -0.1) is 4.80 Å². The third-order valence-corrected chi connectivity index (χ3v) is 6.22. The van der Waals surface area contributed by atoms with Crippen LogP contribution in [0.1, 0.15) is 37.8 Å². The number of hydrogen-bond donors (Lipinski definition) is 1. The Morgan fingerprint density at radius 3 is 2.06 bits per heavy atom. The molecule has 8 heteroatoms. The molecule has 2 N–H and O–H groups in total. The van der Waals surface area contributed by atoms with Crippen LogP contribution >= 0.6 is 0 Å². The summed E-state index contributed by atoms with van der Waals surface area (Å²) < 4.78 is 26.0. The SMILES string of the molecule is CC(C)(c1ccc(Oc2nc(-n3nccn3)ccc2F)cc1)c1ccc(OC2CC(N)C2)cc1. The highest BCUT2D eigenvalue weighted by molar-refractivity contribution is 5.42. The van der Waals surface area contributed by atoms with Crippen LogP contribution in [-0.4, -0.2) is 32.1 Å². The van der Waals surface area contributed by atoms with Crippen molar-refractivity contribution in [2.24, 2.45) is 5.73 Å². The summed E-state index contributed by atoms with van der Waals surface area (Å²) in [5.41, 5.74) is 7.85. The lowest BCUT2D eigenvalue weighted by atomic mass is 9.78. The van der Waals surface area contributed by atoms with Crippen LogP contribution in [-0.2, 0) is 5.41 Å². The number of halogens is 1. The van der Waals surface area contributed by atoms with E-state index < -0.39 is 5.82 Å². The van der Waals surface area contributed by atoms with Crippen molar-refractivity contribution in [2.75, 3.05) is 0 Å². The minimum atomic E-state index is -0.563. The zero-order valence-corrected chi connectivity index (χ0v) is 19.1. The smallest absolute Gasteiger partial charge is 0.258 e. The van der Waals surface area contributed by atoms with E-state index in [1.165, 1.54) is 29.3 Å². The first-order chi connectivity index (χ1) is 16.4. The summed E-state index contributed by atoms with van der Waals surface area (Å²) in [6.45, 7) is 4.32. The number of hydrogen-bond acceptors (Lipinski definition) is 6. The molecular formula is C26H26FN5O2. The Kier molecular flexibility index (Phi) is 5.75. The molecule has 7 nitrogen and oxygen atoms in total. The van der Waals surface area contributed by atoms with Crippen LogP contribution in [0.3, 0.4) is 0 Å². The van der Waals surface area contributed by atoms with Gasteiger partial charge in [-0.1, -0.05) is 38.1 Å². The first kappa shape index (κ1) is 22.0. The summed E-state index contributed by atoms with van der Waals surface area (Å²) in [7, 11) is 0. The van der Waals surface area contributed by atoms with Gasteiger partial charge in [0, 0.05) is 11.5 Å². The van der Waals surface area contributed by atoms with Crippen molar-refractivity contribution in [3.63, 3.8) is 0 Å². The van der Waals surface area contributed by atoms with Gasteiger partial charge < -0.3 is 15.2 Å². The Morgan fingerprint density at radius 1 is 0.882 bits per heavy atom. The minimum Gasteiger partial charge on any atom is -0.490 e. The summed E-state index contributed by atoms with van der Waals surface area (Å²) in [6, 6.07) is 18.8. The Balaban J connectivity index is 1.29. The number of rotatable bonds is 7. The van der Waals surface area contributed by atoms with E-state index in [-0.39, 0.29) is 23.4 Å². The molecule has 4 aromatic rings. The number of pyridine rings is 1. The maximum atomic E-state index is 14.3. The lowest BCUT2D eigenvalue weighted by molar-refractivity contribution is 0.101. The number of nitrogens with zero attached hydrogens (tertiary/aromatic N) is 4. The van der Waals surface area contributed by atoms with Gasteiger partial charge in [0.05, 0.1) is 12.4 Å². The van der Waals surface area contributed by atoms with Crippen LogP contribution in [0.5, 0.6) is 17.4 Å². The monoisotopic (exact) mass is 459 g/mol. The number of nitrogens with two attached hydrogens (primary N) is 1. The summed E-state index contributed by atoms with van der Waals surface area (Å²) >= 11 is 0. The van der Waals surface area contributed by atoms with Gasteiger partial charge in [0.1, 0.15) is 17.6 Å². The lowest BCUT2D eigenvalue weighted by Crippen LogP contribution is -2.43. The van der Waals surface area contributed by atoms with Crippen molar-refractivity contribution >= 4 is 0 Å². The second-order valence-corrected chi connectivity index (χ2v) is 9.02. The molecule has 1 aliphatic rings. The predicted octanol–water partition coefficient (Wildman–Crippen LogP) is 4.79. The third-order valence-electron chi connectivity index (χ3n) is 6.22. The molecular weight excluding hydrogens is 433 g/mol. The van der Waals surface area contributed by atoms with Crippen molar-refractivity contribution in [3.05, 3.63) is 90.0 Å². The highest BCUT2D eigenvalue weighted by atomic mass is 19.1. The van der Waals surface area contributed by atoms with E-state index in [0.29, 0.717) is 11.6 Å². The number of aromatic nitrogens is 4. The number of benzene rings is 2. The summed E-state index contributed by atoms with van der Waals surface area (Å²) in [5.74, 6) is 1.02. The largest absolute Gasteiger partial charge is 0.490 e. The van der Waals surface area contributed by atoms with Gasteiger partial charge in [-0.2, -0.15) is 15.2 Å². The van der Waals surface area contributed by atoms with Crippen molar-refractivity contribution in [3.8, 4) is 23.2 Å². The molecule has 1 fully saturated rings. The molecule has 1 aliphatic carbocycles. The van der Waals surface area contributed by atoms with Crippen molar-refractivity contribution in [1.82, 2.24) is 20.0 Å². The average molecular weight is 460 g/mol. The van der Waals surface area contributed by atoms with Crippen LogP contribution < -0.4 is 15.2 Å². The fraction of sp³-hybridized carbons (Fsp3) is 0.269. The molecule has 2 heterocycles. The van der Waals surface area contributed by atoms with Gasteiger partial charge in [0.15, 0.2) is 11.6 Å². The normalized spacial score (nSPS) is 17.8. The molecule has 0 bridgehead atoms. The second-order valence-electron chi connectivity index (χ2n) is 9.02. The highest BCUT2D eigenvalue weighted by Crippen LogP contribution is 2.35. The molecule has 0 amide bonds. The molecule has 0 spiro atoms. The van der Waals surface area contributed by atoms with Gasteiger partial charge >= 0.3 is 0 Å². The molecule has 2 aromatic carbocycles. The zero-order valence-electron chi connectivity index (χ0n) is 19.1. The quantitative estimate of drug-likeness (QED) is 0.428. The Labute approximate surface area is 197 Å². The summed E-state index contributed by atoms with van der Waals surface area (Å²) in [5, 5.41) is 8.03. The lowest BCUT2D eigenvalue weighted by Gasteiger charge is -2.33. The predicted molar refractivity (Wildman–Crippen MR) is 126 cm³/mol. The van der Waals surface area contributed by atoms with E-state index in [1.54, 1.807) is 0 Å². The van der Waals surface area contributed by atoms with Crippen LogP contribution in [0, 0.1) is 5.82 Å². The standard InChI is InChI=1S/C26H26FN5O2/c1-26(2,17-3-7-20(8-4-17)33-22-15-19(28)16-22)18-5-9-21(10-6-18)34-25-23(27)11-12-24(31-25)32-29-13-14-30-32/h3-14,19,22H,15-16,28H2,1-2H3. The molecule has 0 atom stereocenters. The topological polar surface area (TPSA) is 88.1 Å². The maximum absolute atomic E-state index is 14.3. The summed E-state index contributed by atoms with van der Waals surface area (Å²) in [6.07, 6.45) is 5.09. The average Bonchev–Trinajstić information content (AvgIpc) is 3.35. The van der Waals surface area contributed by atoms with Crippen LogP contribution in [0.15, 0.2) is 73.1 Å². The van der Waals surface area contributed by atoms with Gasteiger partial charge in [-0.05, 0) is 60.4 Å². The fourth-order valence-electron chi connectivity index (χ4n) is 3.99. The van der Waals surface area contributed by atoms with Crippen LogP contribution in [0.25, 0.3) is 5.82 Å². The molecule has 174 valence electrons. The van der Waals surface area contributed by atoms with Gasteiger partial charge in [-0.3, -0.25) is 0 Å². The maximum Gasteiger partial charge on any atom is 0.258 e. The van der Waals surface area contributed by atoms with Crippen molar-refractivity contribution in [1.29, 1.82) is 0 Å². The van der Waals surface area contributed by atoms with E-state index in [9.17, 15) is 4.39 Å². The third kappa shape index (κ3) is 4.49. The molecule has 0 unspecified atom stereocenters. The molecule has 34 heavy (non-hydrogen) atoms. The Hall–Kier alpha value is -3.78. The van der Waals surface area contributed by atoms with Crippen molar-refractivity contribution in [2.45, 2.75) is 44.2 Å². The molecule has 5 rings (SSSR count). The number of ether oxygens (including phenoxy) is 2. The van der Waals surface area contributed by atoms with Crippen LogP contribution in [0.4, 0.5) is 4.39 Å². The highest BCUT2D eigenvalue weighted by Gasteiger charge is 2.28. The zero-order chi connectivity index (χ0) is 23.7. The van der Waals surface area contributed by atoms with Crippen LogP contribution in [0.2, 0.25) is 0 Å². The molecule has 0 radical (unpaired) electrons. The van der Waals surface area contributed by atoms with E-state index >= 15 is 0 Å². The second kappa shape index (κ2) is 8.87. The first-order valence-electron chi connectivity index (χ1n) is 11.2. The van der Waals surface area contributed by atoms with Crippen molar-refractivity contribution < 1.29 is 13.9 Å². The first-order valence-corrected chi connectivity index (χ1v) is 11.2. The van der Waals surface area contributed by atoms with Gasteiger partial charge in [-0.25, -0.2) is 4.39 Å². The van der Waals surface area contributed by atoms with E-state index in [2.05, 4.69) is 41.2 Å².